The summed E-state index contributed by atoms with van der Waals surface area (Å²) in [6.45, 7) is 4.80. The third kappa shape index (κ3) is 3.69. The van der Waals surface area contributed by atoms with Crippen molar-refractivity contribution in [2.24, 2.45) is 5.92 Å². The van der Waals surface area contributed by atoms with E-state index in [-0.39, 0.29) is 0 Å². The van der Waals surface area contributed by atoms with Gasteiger partial charge in [0.1, 0.15) is 0 Å². The Bertz CT molecular complexity index is 211. The van der Waals surface area contributed by atoms with Crippen molar-refractivity contribution in [3.63, 3.8) is 0 Å². The van der Waals surface area contributed by atoms with Gasteiger partial charge in [0.05, 0.1) is 0 Å². The third-order valence-electron chi connectivity index (χ3n) is 4.72. The molecule has 0 aliphatic heterocycles. The second-order valence-electron chi connectivity index (χ2n) is 6.15. The zero-order valence-electron chi connectivity index (χ0n) is 11.8. The molecule has 2 saturated carbocycles. The summed E-state index contributed by atoms with van der Waals surface area (Å²) in [6, 6.07) is 1.57. The number of likely N-dealkylation sites (N-methyl/N-ethyl adjacent to an activating group) is 1. The summed E-state index contributed by atoms with van der Waals surface area (Å²) in [5.41, 5.74) is 0. The first-order valence-electron chi connectivity index (χ1n) is 7.75. The minimum atomic E-state index is 0.765. The van der Waals surface area contributed by atoms with Gasteiger partial charge in [0.2, 0.25) is 0 Å². The van der Waals surface area contributed by atoms with E-state index in [0.717, 1.165) is 18.0 Å². The van der Waals surface area contributed by atoms with Crippen LogP contribution in [0.1, 0.15) is 58.3 Å². The molecular formula is C15H30N2. The predicted octanol–water partition coefficient (Wildman–Crippen LogP) is 3.03. The van der Waals surface area contributed by atoms with E-state index < -0.39 is 0 Å². The fourth-order valence-electron chi connectivity index (χ4n) is 3.77. The molecule has 0 aromatic rings. The fourth-order valence-corrected chi connectivity index (χ4v) is 3.77. The number of rotatable bonds is 6. The van der Waals surface area contributed by atoms with Gasteiger partial charge in [-0.25, -0.2) is 0 Å². The molecule has 0 heterocycles. The average Bonchev–Trinajstić information content (AvgIpc) is 2.96. The SMILES string of the molecule is CCCNC1CCCC1N(C)CC1CCCC1. The van der Waals surface area contributed by atoms with Gasteiger partial charge in [0, 0.05) is 18.6 Å². The van der Waals surface area contributed by atoms with Crippen LogP contribution >= 0.6 is 0 Å². The lowest BCUT2D eigenvalue weighted by Gasteiger charge is -2.32. The molecular weight excluding hydrogens is 208 g/mol. The van der Waals surface area contributed by atoms with Gasteiger partial charge in [0.15, 0.2) is 0 Å². The summed E-state index contributed by atoms with van der Waals surface area (Å²) in [7, 11) is 2.36. The van der Waals surface area contributed by atoms with Crippen molar-refractivity contribution < 1.29 is 0 Å². The molecule has 2 rings (SSSR count). The van der Waals surface area contributed by atoms with Gasteiger partial charge in [-0.15, -0.1) is 0 Å². The summed E-state index contributed by atoms with van der Waals surface area (Å²) in [5.74, 6) is 0.993. The molecule has 2 unspecified atom stereocenters. The van der Waals surface area contributed by atoms with Crippen LogP contribution in [-0.2, 0) is 0 Å². The number of hydrogen-bond acceptors (Lipinski definition) is 2. The van der Waals surface area contributed by atoms with Crippen molar-refractivity contribution in [2.45, 2.75) is 70.4 Å². The summed E-state index contributed by atoms with van der Waals surface area (Å²) >= 11 is 0. The number of nitrogens with zero attached hydrogens (tertiary/aromatic N) is 1. The zero-order valence-corrected chi connectivity index (χ0v) is 11.8. The van der Waals surface area contributed by atoms with E-state index in [4.69, 9.17) is 0 Å². The lowest BCUT2D eigenvalue weighted by Crippen LogP contribution is -2.46. The van der Waals surface area contributed by atoms with Crippen molar-refractivity contribution in [2.75, 3.05) is 20.1 Å². The molecule has 2 nitrogen and oxygen atoms in total. The van der Waals surface area contributed by atoms with E-state index in [1.807, 2.05) is 0 Å². The molecule has 17 heavy (non-hydrogen) atoms. The molecule has 100 valence electrons. The van der Waals surface area contributed by atoms with E-state index in [1.54, 1.807) is 0 Å². The Kier molecular flexibility index (Phi) is 5.30. The topological polar surface area (TPSA) is 15.3 Å². The molecule has 2 atom stereocenters. The molecule has 2 aliphatic rings. The van der Waals surface area contributed by atoms with Crippen molar-refractivity contribution in [1.82, 2.24) is 10.2 Å². The van der Waals surface area contributed by atoms with Crippen LogP contribution in [0.5, 0.6) is 0 Å². The van der Waals surface area contributed by atoms with Gasteiger partial charge in [-0.2, -0.15) is 0 Å². The quantitative estimate of drug-likeness (QED) is 0.765. The van der Waals surface area contributed by atoms with Crippen molar-refractivity contribution >= 4 is 0 Å². The maximum absolute atomic E-state index is 3.75. The van der Waals surface area contributed by atoms with Crippen molar-refractivity contribution in [3.8, 4) is 0 Å². The average molecular weight is 238 g/mol. The molecule has 0 spiro atoms. The van der Waals surface area contributed by atoms with Crippen LogP contribution < -0.4 is 5.32 Å². The second-order valence-corrected chi connectivity index (χ2v) is 6.15. The first-order valence-corrected chi connectivity index (χ1v) is 7.75. The Hall–Kier alpha value is -0.0800. The first-order chi connectivity index (χ1) is 8.31. The highest BCUT2D eigenvalue weighted by molar-refractivity contribution is 4.90. The molecule has 0 bridgehead atoms. The Balaban J connectivity index is 1.77. The Morgan fingerprint density at radius 3 is 2.53 bits per heavy atom. The second kappa shape index (κ2) is 6.75. The monoisotopic (exact) mass is 238 g/mol. The normalized spacial score (nSPS) is 30.5. The van der Waals surface area contributed by atoms with Crippen LogP contribution in [0.2, 0.25) is 0 Å². The maximum Gasteiger partial charge on any atom is 0.0246 e. The molecule has 0 aromatic carbocycles. The summed E-state index contributed by atoms with van der Waals surface area (Å²) in [4.78, 5) is 2.66. The van der Waals surface area contributed by atoms with Gasteiger partial charge in [-0.05, 0) is 51.6 Å². The largest absolute Gasteiger partial charge is 0.312 e. The first kappa shape index (κ1) is 13.4. The molecule has 2 aliphatic carbocycles. The van der Waals surface area contributed by atoms with Crippen LogP contribution in [0.15, 0.2) is 0 Å². The lowest BCUT2D eigenvalue weighted by molar-refractivity contribution is 0.183. The third-order valence-corrected chi connectivity index (χ3v) is 4.72. The molecule has 0 aromatic heterocycles. The fraction of sp³-hybridized carbons (Fsp3) is 1.00. The van der Waals surface area contributed by atoms with E-state index in [2.05, 4.69) is 24.2 Å². The van der Waals surface area contributed by atoms with Crippen LogP contribution in [0.25, 0.3) is 0 Å². The van der Waals surface area contributed by atoms with Crippen LogP contribution in [0.3, 0.4) is 0 Å². The minimum Gasteiger partial charge on any atom is -0.312 e. The molecule has 0 radical (unpaired) electrons. The Morgan fingerprint density at radius 1 is 1.06 bits per heavy atom. The van der Waals surface area contributed by atoms with Crippen LogP contribution in [0.4, 0.5) is 0 Å². The highest BCUT2D eigenvalue weighted by Gasteiger charge is 2.31. The smallest absolute Gasteiger partial charge is 0.0246 e. The van der Waals surface area contributed by atoms with Gasteiger partial charge >= 0.3 is 0 Å². The van der Waals surface area contributed by atoms with Crippen LogP contribution in [-0.4, -0.2) is 37.1 Å². The number of hydrogen-bond donors (Lipinski definition) is 1. The summed E-state index contributed by atoms with van der Waals surface area (Å²) in [6.07, 6.45) is 11.4. The van der Waals surface area contributed by atoms with E-state index in [0.29, 0.717) is 0 Å². The summed E-state index contributed by atoms with van der Waals surface area (Å²) < 4.78 is 0. The molecule has 0 amide bonds. The van der Waals surface area contributed by atoms with Crippen molar-refractivity contribution in [1.29, 1.82) is 0 Å². The van der Waals surface area contributed by atoms with E-state index >= 15 is 0 Å². The van der Waals surface area contributed by atoms with Crippen molar-refractivity contribution in [3.05, 3.63) is 0 Å². The standard InChI is InChI=1S/C15H30N2/c1-3-11-16-14-9-6-10-15(14)17(2)12-13-7-4-5-8-13/h13-16H,3-12H2,1-2H3. The van der Waals surface area contributed by atoms with Gasteiger partial charge < -0.3 is 10.2 Å². The summed E-state index contributed by atoms with van der Waals surface area (Å²) in [5, 5.41) is 3.75. The Morgan fingerprint density at radius 2 is 1.82 bits per heavy atom. The van der Waals surface area contributed by atoms with E-state index in [9.17, 15) is 0 Å². The Labute approximate surface area is 107 Å². The molecule has 0 saturated heterocycles. The van der Waals surface area contributed by atoms with Gasteiger partial charge in [-0.1, -0.05) is 26.2 Å². The lowest BCUT2D eigenvalue weighted by atomic mass is 10.1. The minimum absolute atomic E-state index is 0.765. The highest BCUT2D eigenvalue weighted by atomic mass is 15.2. The molecule has 1 N–H and O–H groups in total. The van der Waals surface area contributed by atoms with E-state index in [1.165, 1.54) is 64.5 Å². The number of nitrogens with one attached hydrogen (secondary N) is 1. The predicted molar refractivity (Wildman–Crippen MR) is 74.3 cm³/mol. The maximum atomic E-state index is 3.75. The zero-order chi connectivity index (χ0) is 12.1. The van der Waals surface area contributed by atoms with Crippen LogP contribution in [0, 0.1) is 5.92 Å². The van der Waals surface area contributed by atoms with Gasteiger partial charge in [-0.3, -0.25) is 0 Å². The van der Waals surface area contributed by atoms with Gasteiger partial charge in [0.25, 0.3) is 0 Å². The molecule has 2 heteroatoms. The highest BCUT2D eigenvalue weighted by Crippen LogP contribution is 2.29. The molecule has 2 fully saturated rings.